The van der Waals surface area contributed by atoms with E-state index >= 15 is 0 Å². The number of hydrogen-bond donors (Lipinski definition) is 1. The Morgan fingerprint density at radius 3 is 2.75 bits per heavy atom. The molecule has 0 radical (unpaired) electrons. The molecule has 0 fully saturated rings. The highest BCUT2D eigenvalue weighted by Crippen LogP contribution is 2.36. The van der Waals surface area contributed by atoms with Gasteiger partial charge in [0.15, 0.2) is 5.78 Å². The first-order valence-corrected chi connectivity index (χ1v) is 6.28. The Bertz CT molecular complexity index is 703. The molecule has 0 saturated carbocycles. The maximum atomic E-state index is 12.3. The summed E-state index contributed by atoms with van der Waals surface area (Å²) in [5, 5.41) is 8.96. The van der Waals surface area contributed by atoms with Gasteiger partial charge in [-0.05, 0) is 12.1 Å². The zero-order valence-electron chi connectivity index (χ0n) is 10.6. The van der Waals surface area contributed by atoms with Crippen molar-refractivity contribution in [2.75, 3.05) is 0 Å². The summed E-state index contributed by atoms with van der Waals surface area (Å²) in [5.74, 6) is -0.0357. The number of rotatable bonds is 2. The van der Waals surface area contributed by atoms with E-state index in [1.807, 2.05) is 18.2 Å². The second-order valence-electron chi connectivity index (χ2n) is 4.67. The molecule has 1 aliphatic rings. The van der Waals surface area contributed by atoms with Gasteiger partial charge in [-0.25, -0.2) is 0 Å². The van der Waals surface area contributed by atoms with Gasteiger partial charge in [-0.3, -0.25) is 9.59 Å². The van der Waals surface area contributed by atoms with Crippen LogP contribution in [0.15, 0.2) is 42.5 Å². The van der Waals surface area contributed by atoms with Crippen LogP contribution >= 0.6 is 0 Å². The van der Waals surface area contributed by atoms with Crippen LogP contribution < -0.4 is 4.74 Å². The van der Waals surface area contributed by atoms with Gasteiger partial charge in [0.25, 0.3) is 0 Å². The molecule has 0 atom stereocenters. The summed E-state index contributed by atoms with van der Waals surface area (Å²) >= 11 is 0. The van der Waals surface area contributed by atoms with Crippen LogP contribution in [0.2, 0.25) is 0 Å². The van der Waals surface area contributed by atoms with Crippen molar-refractivity contribution in [1.82, 2.24) is 0 Å². The summed E-state index contributed by atoms with van der Waals surface area (Å²) in [4.78, 5) is 23.2. The lowest BCUT2D eigenvalue weighted by Gasteiger charge is -2.11. The second-order valence-corrected chi connectivity index (χ2v) is 4.67. The smallest absolute Gasteiger partial charge is 0.307 e. The summed E-state index contributed by atoms with van der Waals surface area (Å²) in [5.41, 5.74) is 1.77. The Morgan fingerprint density at radius 2 is 1.95 bits per heavy atom. The summed E-state index contributed by atoms with van der Waals surface area (Å²) in [6.07, 6.45) is 0.0956. The maximum Gasteiger partial charge on any atom is 0.307 e. The van der Waals surface area contributed by atoms with Crippen molar-refractivity contribution in [3.8, 4) is 11.5 Å². The molecule has 2 aromatic carbocycles. The number of carbonyl (C=O) groups is 2. The summed E-state index contributed by atoms with van der Waals surface area (Å²) < 4.78 is 5.82. The van der Waals surface area contributed by atoms with Crippen molar-refractivity contribution in [1.29, 1.82) is 0 Å². The molecule has 4 nitrogen and oxygen atoms in total. The SMILES string of the molecule is O=C(O)Cc1cccc2c1Oc1ccccc1CC2=O. The van der Waals surface area contributed by atoms with Crippen LogP contribution in [0.5, 0.6) is 11.5 Å². The molecule has 100 valence electrons. The highest BCUT2D eigenvalue weighted by molar-refractivity contribution is 6.01. The van der Waals surface area contributed by atoms with E-state index in [2.05, 4.69) is 0 Å². The molecule has 1 heterocycles. The third-order valence-electron chi connectivity index (χ3n) is 3.27. The minimum atomic E-state index is -0.952. The van der Waals surface area contributed by atoms with Crippen molar-refractivity contribution >= 4 is 11.8 Å². The van der Waals surface area contributed by atoms with Crippen LogP contribution in [-0.4, -0.2) is 16.9 Å². The molecule has 0 amide bonds. The molecule has 20 heavy (non-hydrogen) atoms. The number of para-hydroxylation sites is 2. The van der Waals surface area contributed by atoms with Gasteiger partial charge in [0.1, 0.15) is 11.5 Å². The summed E-state index contributed by atoms with van der Waals surface area (Å²) in [7, 11) is 0. The molecule has 0 saturated heterocycles. The van der Waals surface area contributed by atoms with E-state index in [9.17, 15) is 9.59 Å². The van der Waals surface area contributed by atoms with E-state index in [1.165, 1.54) is 0 Å². The van der Waals surface area contributed by atoms with Gasteiger partial charge in [-0.1, -0.05) is 30.3 Å². The lowest BCUT2D eigenvalue weighted by atomic mass is 10.00. The fourth-order valence-corrected chi connectivity index (χ4v) is 2.35. The van der Waals surface area contributed by atoms with E-state index in [1.54, 1.807) is 24.3 Å². The highest BCUT2D eigenvalue weighted by Gasteiger charge is 2.23. The number of hydrogen-bond acceptors (Lipinski definition) is 3. The number of fused-ring (bicyclic) bond motifs is 2. The molecule has 1 N–H and O–H groups in total. The predicted octanol–water partition coefficient (Wildman–Crippen LogP) is 2.84. The number of carboxylic acids is 1. The number of ether oxygens (including phenoxy) is 1. The fourth-order valence-electron chi connectivity index (χ4n) is 2.35. The van der Waals surface area contributed by atoms with Crippen molar-refractivity contribution in [3.05, 3.63) is 59.2 Å². The Labute approximate surface area is 115 Å². The molecule has 1 aliphatic heterocycles. The number of ketones is 1. The maximum absolute atomic E-state index is 12.3. The van der Waals surface area contributed by atoms with Crippen LogP contribution in [-0.2, 0) is 17.6 Å². The third kappa shape index (κ3) is 2.16. The number of carbonyl (C=O) groups excluding carboxylic acids is 1. The first-order chi connectivity index (χ1) is 9.65. The highest BCUT2D eigenvalue weighted by atomic mass is 16.5. The second kappa shape index (κ2) is 4.81. The number of Topliss-reactive ketones (excluding diaryl/α,β-unsaturated/α-hetero) is 1. The van der Waals surface area contributed by atoms with E-state index in [0.717, 1.165) is 5.56 Å². The Kier molecular flexibility index (Phi) is 2.99. The number of aliphatic carboxylic acids is 1. The monoisotopic (exact) mass is 268 g/mol. The van der Waals surface area contributed by atoms with Crippen LogP contribution in [0.1, 0.15) is 21.5 Å². The quantitative estimate of drug-likeness (QED) is 0.909. The number of carboxylic acid groups (broad SMARTS) is 1. The van der Waals surface area contributed by atoms with Crippen molar-refractivity contribution in [2.24, 2.45) is 0 Å². The van der Waals surface area contributed by atoms with Crippen LogP contribution in [0.3, 0.4) is 0 Å². The molecule has 4 heteroatoms. The Morgan fingerprint density at radius 1 is 1.15 bits per heavy atom. The molecule has 0 spiro atoms. The van der Waals surface area contributed by atoms with Gasteiger partial charge in [-0.15, -0.1) is 0 Å². The van der Waals surface area contributed by atoms with Crippen LogP contribution in [0.4, 0.5) is 0 Å². The molecule has 0 aromatic heterocycles. The van der Waals surface area contributed by atoms with Crippen molar-refractivity contribution in [3.63, 3.8) is 0 Å². The lowest BCUT2D eigenvalue weighted by Crippen LogP contribution is -2.06. The van der Waals surface area contributed by atoms with E-state index in [-0.39, 0.29) is 18.6 Å². The van der Waals surface area contributed by atoms with E-state index in [4.69, 9.17) is 9.84 Å². The van der Waals surface area contributed by atoms with Crippen LogP contribution in [0.25, 0.3) is 0 Å². The first-order valence-electron chi connectivity index (χ1n) is 6.28. The summed E-state index contributed by atoms with van der Waals surface area (Å²) in [6.45, 7) is 0. The predicted molar refractivity (Wildman–Crippen MR) is 72.3 cm³/mol. The van der Waals surface area contributed by atoms with Gasteiger partial charge < -0.3 is 9.84 Å². The van der Waals surface area contributed by atoms with E-state index < -0.39 is 5.97 Å². The first kappa shape index (κ1) is 12.4. The zero-order chi connectivity index (χ0) is 14.1. The number of benzene rings is 2. The Hall–Kier alpha value is -2.62. The van der Waals surface area contributed by atoms with Gasteiger partial charge in [0.2, 0.25) is 0 Å². The normalized spacial score (nSPS) is 12.9. The minimum absolute atomic E-state index is 0.0582. The lowest BCUT2D eigenvalue weighted by molar-refractivity contribution is -0.136. The zero-order valence-corrected chi connectivity index (χ0v) is 10.6. The topological polar surface area (TPSA) is 63.6 Å². The average molecular weight is 268 g/mol. The largest absolute Gasteiger partial charge is 0.481 e. The molecule has 3 rings (SSSR count). The van der Waals surface area contributed by atoms with E-state index in [0.29, 0.717) is 22.6 Å². The summed E-state index contributed by atoms with van der Waals surface area (Å²) in [6, 6.07) is 12.3. The van der Waals surface area contributed by atoms with Gasteiger partial charge in [0, 0.05) is 17.5 Å². The average Bonchev–Trinajstić information content (AvgIpc) is 2.55. The van der Waals surface area contributed by atoms with Crippen molar-refractivity contribution < 1.29 is 19.4 Å². The van der Waals surface area contributed by atoms with Gasteiger partial charge >= 0.3 is 5.97 Å². The Balaban J connectivity index is 2.15. The molecule has 0 bridgehead atoms. The molecular formula is C16H12O4. The minimum Gasteiger partial charge on any atom is -0.481 e. The molecular weight excluding hydrogens is 256 g/mol. The fraction of sp³-hybridized carbons (Fsp3) is 0.125. The molecule has 0 aliphatic carbocycles. The van der Waals surface area contributed by atoms with Crippen molar-refractivity contribution in [2.45, 2.75) is 12.8 Å². The standard InChI is InChI=1S/C16H12O4/c17-13-8-10-4-1-2-7-14(10)20-16-11(9-15(18)19)5-3-6-12(13)16/h1-7H,8-9H2,(H,18,19). The molecule has 2 aromatic rings. The van der Waals surface area contributed by atoms with Gasteiger partial charge in [0.05, 0.1) is 12.0 Å². The van der Waals surface area contributed by atoms with Crippen LogP contribution in [0, 0.1) is 0 Å². The van der Waals surface area contributed by atoms with Gasteiger partial charge in [-0.2, -0.15) is 0 Å². The molecule has 0 unspecified atom stereocenters. The third-order valence-corrected chi connectivity index (χ3v) is 3.27.